The van der Waals surface area contributed by atoms with Crippen LogP contribution >= 0.6 is 11.3 Å². The molecule has 1 fully saturated rings. The topological polar surface area (TPSA) is 58.4 Å². The molecule has 1 amide bonds. The van der Waals surface area contributed by atoms with Crippen LogP contribution in [0.15, 0.2) is 11.4 Å². The molecule has 2 heterocycles. The first kappa shape index (κ1) is 12.4. The van der Waals surface area contributed by atoms with Crippen LogP contribution in [-0.2, 0) is 11.3 Å². The van der Waals surface area contributed by atoms with E-state index in [1.165, 1.54) is 4.88 Å². The van der Waals surface area contributed by atoms with E-state index in [-0.39, 0.29) is 5.91 Å². The van der Waals surface area contributed by atoms with E-state index >= 15 is 0 Å². The van der Waals surface area contributed by atoms with Gasteiger partial charge in [-0.3, -0.25) is 4.79 Å². The lowest BCUT2D eigenvalue weighted by molar-refractivity contribution is -0.127. The number of carbonyl (C=O) groups excluding carboxylic acids is 1. The molecular formula is C12H19N3OS. The van der Waals surface area contributed by atoms with E-state index in [4.69, 9.17) is 5.73 Å². The van der Waals surface area contributed by atoms with Crippen LogP contribution in [0.4, 0.5) is 5.69 Å². The molecule has 1 saturated heterocycles. The second-order valence-electron chi connectivity index (χ2n) is 4.52. The molecule has 1 aromatic heterocycles. The Morgan fingerprint density at radius 3 is 3.06 bits per heavy atom. The first-order chi connectivity index (χ1) is 8.16. The Labute approximate surface area is 106 Å². The lowest BCUT2D eigenvalue weighted by atomic mass is 10.3. The van der Waals surface area contributed by atoms with Gasteiger partial charge in [-0.2, -0.15) is 0 Å². The van der Waals surface area contributed by atoms with Crippen molar-refractivity contribution in [2.24, 2.45) is 0 Å². The molecular weight excluding hydrogens is 234 g/mol. The minimum Gasteiger partial charge on any atom is -0.398 e. The van der Waals surface area contributed by atoms with Crippen molar-refractivity contribution in [2.45, 2.75) is 32.4 Å². The van der Waals surface area contributed by atoms with Gasteiger partial charge in [0, 0.05) is 42.7 Å². The number of hydrogen-bond donors (Lipinski definition) is 2. The Hall–Kier alpha value is -1.07. The molecule has 0 bridgehead atoms. The van der Waals surface area contributed by atoms with Crippen molar-refractivity contribution in [3.8, 4) is 0 Å². The fourth-order valence-corrected chi connectivity index (χ4v) is 2.80. The lowest BCUT2D eigenvalue weighted by Crippen LogP contribution is -2.39. The highest BCUT2D eigenvalue weighted by Crippen LogP contribution is 2.18. The summed E-state index contributed by atoms with van der Waals surface area (Å²) in [5, 5.41) is 5.41. The molecule has 94 valence electrons. The molecule has 1 atom stereocenters. The number of amides is 1. The van der Waals surface area contributed by atoms with Gasteiger partial charge in [-0.25, -0.2) is 0 Å². The monoisotopic (exact) mass is 253 g/mol. The van der Waals surface area contributed by atoms with Gasteiger partial charge >= 0.3 is 0 Å². The number of nitrogens with one attached hydrogen (secondary N) is 1. The number of likely N-dealkylation sites (tertiary alicyclic amines) is 1. The van der Waals surface area contributed by atoms with Gasteiger partial charge in [0.2, 0.25) is 5.91 Å². The second-order valence-corrected chi connectivity index (χ2v) is 5.53. The van der Waals surface area contributed by atoms with E-state index in [0.29, 0.717) is 12.5 Å². The fourth-order valence-electron chi connectivity index (χ4n) is 2.05. The highest BCUT2D eigenvalue weighted by molar-refractivity contribution is 7.10. The molecule has 1 aromatic rings. The summed E-state index contributed by atoms with van der Waals surface area (Å²) in [5.74, 6) is 0.286. The van der Waals surface area contributed by atoms with Crippen molar-refractivity contribution in [2.75, 3.05) is 18.8 Å². The number of nitrogen functional groups attached to an aromatic ring is 1. The molecule has 1 unspecified atom stereocenters. The molecule has 0 aromatic carbocycles. The Bertz CT molecular complexity index is 391. The first-order valence-electron chi connectivity index (χ1n) is 6.00. The van der Waals surface area contributed by atoms with Crippen molar-refractivity contribution in [1.82, 2.24) is 10.2 Å². The summed E-state index contributed by atoms with van der Waals surface area (Å²) < 4.78 is 0. The van der Waals surface area contributed by atoms with Gasteiger partial charge in [-0.05, 0) is 24.8 Å². The molecule has 2 rings (SSSR count). The van der Waals surface area contributed by atoms with E-state index in [2.05, 4.69) is 12.2 Å². The molecule has 1 aliphatic heterocycles. The number of rotatable bonds is 5. The van der Waals surface area contributed by atoms with Crippen molar-refractivity contribution >= 4 is 22.9 Å². The van der Waals surface area contributed by atoms with Crippen LogP contribution in [-0.4, -0.2) is 29.9 Å². The number of nitrogens with two attached hydrogens (primary N) is 1. The summed E-state index contributed by atoms with van der Waals surface area (Å²) in [6, 6.07) is 2.23. The number of thiophene rings is 1. The molecule has 4 nitrogen and oxygen atoms in total. The average Bonchev–Trinajstić information content (AvgIpc) is 2.86. The molecule has 0 saturated carbocycles. The lowest BCUT2D eigenvalue weighted by Gasteiger charge is -2.21. The number of carbonyl (C=O) groups is 1. The summed E-state index contributed by atoms with van der Waals surface area (Å²) in [6.45, 7) is 4.60. The number of anilines is 1. The quantitative estimate of drug-likeness (QED) is 0.834. The smallest absolute Gasteiger partial charge is 0.222 e. The highest BCUT2D eigenvalue weighted by atomic mass is 32.1. The van der Waals surface area contributed by atoms with Crippen LogP contribution in [0.2, 0.25) is 0 Å². The summed E-state index contributed by atoms with van der Waals surface area (Å²) in [7, 11) is 0. The predicted octanol–water partition coefficient (Wildman–Crippen LogP) is 1.43. The van der Waals surface area contributed by atoms with E-state index in [9.17, 15) is 4.79 Å². The SMILES string of the molecule is CC(CN1CCCC1=O)NCc1sccc1N. The molecule has 1 aliphatic rings. The summed E-state index contributed by atoms with van der Waals surface area (Å²) >= 11 is 1.67. The van der Waals surface area contributed by atoms with E-state index in [1.54, 1.807) is 11.3 Å². The Morgan fingerprint density at radius 1 is 1.65 bits per heavy atom. The van der Waals surface area contributed by atoms with E-state index in [0.717, 1.165) is 31.7 Å². The zero-order chi connectivity index (χ0) is 12.3. The second kappa shape index (κ2) is 5.51. The van der Waals surface area contributed by atoms with Gasteiger partial charge in [0.25, 0.3) is 0 Å². The zero-order valence-corrected chi connectivity index (χ0v) is 10.9. The maximum atomic E-state index is 11.5. The fraction of sp³-hybridized carbons (Fsp3) is 0.583. The van der Waals surface area contributed by atoms with E-state index in [1.807, 2.05) is 16.3 Å². The van der Waals surface area contributed by atoms with Gasteiger partial charge in [-0.1, -0.05) is 0 Å². The third kappa shape index (κ3) is 3.20. The molecule has 0 spiro atoms. The summed E-state index contributed by atoms with van der Waals surface area (Å²) in [6.07, 6.45) is 1.72. The van der Waals surface area contributed by atoms with Crippen molar-refractivity contribution in [3.05, 3.63) is 16.3 Å². The van der Waals surface area contributed by atoms with Crippen molar-refractivity contribution in [1.29, 1.82) is 0 Å². The Kier molecular flexibility index (Phi) is 4.02. The largest absolute Gasteiger partial charge is 0.398 e. The Balaban J connectivity index is 1.76. The Morgan fingerprint density at radius 2 is 2.47 bits per heavy atom. The van der Waals surface area contributed by atoms with Crippen LogP contribution < -0.4 is 11.1 Å². The van der Waals surface area contributed by atoms with E-state index < -0.39 is 0 Å². The van der Waals surface area contributed by atoms with Gasteiger partial charge in [0.05, 0.1) is 0 Å². The summed E-state index contributed by atoms with van der Waals surface area (Å²) in [4.78, 5) is 14.6. The van der Waals surface area contributed by atoms with Gasteiger partial charge in [0.1, 0.15) is 0 Å². The standard InChI is InChI=1S/C12H19N3OS/c1-9(8-15-5-2-3-12(15)16)14-7-11-10(13)4-6-17-11/h4,6,9,14H,2-3,5,7-8,13H2,1H3. The molecule has 3 N–H and O–H groups in total. The molecule has 0 radical (unpaired) electrons. The minimum atomic E-state index is 0.286. The van der Waals surface area contributed by atoms with Crippen molar-refractivity contribution < 1.29 is 4.79 Å². The predicted molar refractivity (Wildman–Crippen MR) is 70.8 cm³/mol. The van der Waals surface area contributed by atoms with Crippen LogP contribution in [0.5, 0.6) is 0 Å². The number of hydrogen-bond acceptors (Lipinski definition) is 4. The minimum absolute atomic E-state index is 0.286. The van der Waals surface area contributed by atoms with Crippen LogP contribution in [0.3, 0.4) is 0 Å². The summed E-state index contributed by atoms with van der Waals surface area (Å²) in [5.41, 5.74) is 6.67. The first-order valence-corrected chi connectivity index (χ1v) is 6.88. The van der Waals surface area contributed by atoms with Crippen molar-refractivity contribution in [3.63, 3.8) is 0 Å². The van der Waals surface area contributed by atoms with Crippen LogP contribution in [0.25, 0.3) is 0 Å². The maximum absolute atomic E-state index is 11.5. The normalized spacial score (nSPS) is 17.7. The van der Waals surface area contributed by atoms with Crippen LogP contribution in [0.1, 0.15) is 24.6 Å². The zero-order valence-electron chi connectivity index (χ0n) is 10.1. The third-order valence-corrected chi connectivity index (χ3v) is 3.99. The third-order valence-electron chi connectivity index (χ3n) is 3.06. The molecule has 5 heteroatoms. The van der Waals surface area contributed by atoms with Gasteiger partial charge in [0.15, 0.2) is 0 Å². The van der Waals surface area contributed by atoms with Crippen LogP contribution in [0, 0.1) is 0 Å². The average molecular weight is 253 g/mol. The molecule has 0 aliphatic carbocycles. The molecule has 17 heavy (non-hydrogen) atoms. The van der Waals surface area contributed by atoms with Gasteiger partial charge in [-0.15, -0.1) is 11.3 Å². The maximum Gasteiger partial charge on any atom is 0.222 e. The van der Waals surface area contributed by atoms with Gasteiger partial charge < -0.3 is 16.0 Å². The number of nitrogens with zero attached hydrogens (tertiary/aromatic N) is 1. The highest BCUT2D eigenvalue weighted by Gasteiger charge is 2.21.